The molecule has 0 aliphatic rings. The van der Waals surface area contributed by atoms with Gasteiger partial charge in [-0.05, 0) is 142 Å². The minimum Gasteiger partial charge on any atom is -0.452 e. The monoisotopic (exact) mass is 762 g/mol. The zero-order valence-electron chi connectivity index (χ0n) is 32.4. The summed E-state index contributed by atoms with van der Waals surface area (Å²) in [4.78, 5) is 0. The van der Waals surface area contributed by atoms with Crippen LogP contribution in [-0.4, -0.2) is 0 Å². The number of furan rings is 2. The number of para-hydroxylation sites is 1. The van der Waals surface area contributed by atoms with Crippen molar-refractivity contribution in [2.24, 2.45) is 0 Å². The first-order chi connectivity index (χ1) is 29.7. The van der Waals surface area contributed by atoms with Crippen LogP contribution in [0.3, 0.4) is 0 Å². The Bertz CT molecular complexity index is 3870. The number of hydrogen-bond acceptors (Lipinski definition) is 2. The third kappa shape index (κ3) is 5.01. The van der Waals surface area contributed by atoms with E-state index in [9.17, 15) is 0 Å². The average molecular weight is 763 g/mol. The van der Waals surface area contributed by atoms with Crippen molar-refractivity contribution in [3.8, 4) is 44.5 Å². The van der Waals surface area contributed by atoms with Crippen LogP contribution >= 0.6 is 0 Å². The van der Waals surface area contributed by atoms with Crippen LogP contribution in [-0.2, 0) is 0 Å². The Balaban J connectivity index is 0.880. The lowest BCUT2D eigenvalue weighted by Gasteiger charge is -2.14. The molecule has 0 aliphatic heterocycles. The summed E-state index contributed by atoms with van der Waals surface area (Å²) in [6.07, 6.45) is 0. The third-order valence-electron chi connectivity index (χ3n) is 12.6. The Kier molecular flexibility index (Phi) is 7.05. The highest BCUT2D eigenvalue weighted by molar-refractivity contribution is 6.26. The summed E-state index contributed by atoms with van der Waals surface area (Å²) in [5.74, 6) is 0. The first kappa shape index (κ1) is 33.1. The van der Waals surface area contributed by atoms with Crippen LogP contribution in [0.2, 0.25) is 0 Å². The molecule has 0 unspecified atom stereocenters. The Morgan fingerprint density at radius 1 is 0.217 bits per heavy atom. The van der Waals surface area contributed by atoms with Gasteiger partial charge in [0.1, 0.15) is 11.2 Å². The normalized spacial score (nSPS) is 12.0. The highest BCUT2D eigenvalue weighted by Crippen LogP contribution is 2.42. The largest absolute Gasteiger partial charge is 0.452 e. The summed E-state index contributed by atoms with van der Waals surface area (Å²) in [6.45, 7) is 0. The van der Waals surface area contributed by atoms with Crippen molar-refractivity contribution in [3.05, 3.63) is 206 Å². The van der Waals surface area contributed by atoms with Crippen molar-refractivity contribution in [2.75, 3.05) is 0 Å². The SMILES string of the molecule is c1cc(-c2cccc(-c3ccc4c5ccc(-c6cccc7ccccc67)cc5c5ccccc5c4c3)c2)cc(-c2ccc3oc4c(ccc5c6ccccc6oc54)c3c2)c1. The quantitative estimate of drug-likeness (QED) is 0.167. The van der Waals surface area contributed by atoms with E-state index in [1.165, 1.54) is 76.5 Å². The van der Waals surface area contributed by atoms with Crippen molar-refractivity contribution < 1.29 is 8.83 Å². The zero-order valence-corrected chi connectivity index (χ0v) is 32.4. The second-order valence-electron chi connectivity index (χ2n) is 16.0. The third-order valence-corrected chi connectivity index (χ3v) is 12.6. The molecule has 2 heterocycles. The molecule has 0 fully saturated rings. The Hall–Kier alpha value is -7.94. The van der Waals surface area contributed by atoms with Gasteiger partial charge in [0, 0.05) is 21.5 Å². The van der Waals surface area contributed by atoms with Gasteiger partial charge >= 0.3 is 0 Å². The Labute approximate surface area is 345 Å². The van der Waals surface area contributed by atoms with Crippen LogP contribution in [0.4, 0.5) is 0 Å². The molecule has 0 spiro atoms. The van der Waals surface area contributed by atoms with Crippen LogP contribution < -0.4 is 0 Å². The zero-order chi connectivity index (χ0) is 39.3. The molecule has 2 heteroatoms. The maximum atomic E-state index is 6.45. The van der Waals surface area contributed by atoms with Gasteiger partial charge in [0.2, 0.25) is 0 Å². The van der Waals surface area contributed by atoms with Crippen LogP contribution in [0, 0.1) is 0 Å². The molecule has 11 aromatic carbocycles. The maximum absolute atomic E-state index is 6.45. The van der Waals surface area contributed by atoms with E-state index in [0.29, 0.717) is 0 Å². The second-order valence-corrected chi connectivity index (χ2v) is 16.0. The van der Waals surface area contributed by atoms with E-state index in [1.807, 2.05) is 18.2 Å². The lowest BCUT2D eigenvalue weighted by Crippen LogP contribution is -1.87. The highest BCUT2D eigenvalue weighted by atomic mass is 16.4. The Morgan fingerprint density at radius 2 is 0.633 bits per heavy atom. The van der Waals surface area contributed by atoms with Gasteiger partial charge in [0.25, 0.3) is 0 Å². The molecule has 60 heavy (non-hydrogen) atoms. The summed E-state index contributed by atoms with van der Waals surface area (Å²) in [5.41, 5.74) is 12.9. The van der Waals surface area contributed by atoms with Crippen molar-refractivity contribution >= 4 is 87.0 Å². The van der Waals surface area contributed by atoms with Crippen LogP contribution in [0.25, 0.3) is 131 Å². The van der Waals surface area contributed by atoms with Crippen molar-refractivity contribution in [1.82, 2.24) is 0 Å². The van der Waals surface area contributed by atoms with E-state index >= 15 is 0 Å². The van der Waals surface area contributed by atoms with E-state index in [4.69, 9.17) is 8.83 Å². The molecule has 278 valence electrons. The lowest BCUT2D eigenvalue weighted by atomic mass is 9.89. The van der Waals surface area contributed by atoms with Crippen molar-refractivity contribution in [2.45, 2.75) is 0 Å². The predicted molar refractivity (Wildman–Crippen MR) is 253 cm³/mol. The molecular weight excluding hydrogens is 729 g/mol. The molecular formula is C58H34O2. The van der Waals surface area contributed by atoms with Gasteiger partial charge in [-0.15, -0.1) is 0 Å². The summed E-state index contributed by atoms with van der Waals surface area (Å²) < 4.78 is 12.8. The van der Waals surface area contributed by atoms with Gasteiger partial charge in [-0.3, -0.25) is 0 Å². The molecule has 2 aromatic heterocycles. The number of fused-ring (bicyclic) bond motifs is 14. The maximum Gasteiger partial charge on any atom is 0.178 e. The first-order valence-electron chi connectivity index (χ1n) is 20.6. The summed E-state index contributed by atoms with van der Waals surface area (Å²) in [7, 11) is 0. The predicted octanol–water partition coefficient (Wildman–Crippen LogP) is 16.8. The van der Waals surface area contributed by atoms with E-state index in [0.717, 1.165) is 55.0 Å². The van der Waals surface area contributed by atoms with Gasteiger partial charge in [0.05, 0.1) is 0 Å². The van der Waals surface area contributed by atoms with Crippen molar-refractivity contribution in [1.29, 1.82) is 0 Å². The fourth-order valence-electron chi connectivity index (χ4n) is 9.73. The topological polar surface area (TPSA) is 26.3 Å². The Morgan fingerprint density at radius 3 is 1.30 bits per heavy atom. The van der Waals surface area contributed by atoms with Gasteiger partial charge in [-0.25, -0.2) is 0 Å². The number of rotatable bonds is 4. The number of hydrogen-bond donors (Lipinski definition) is 0. The first-order valence-corrected chi connectivity index (χ1v) is 20.6. The molecule has 0 atom stereocenters. The molecule has 0 amide bonds. The molecule has 13 rings (SSSR count). The number of benzene rings is 11. The van der Waals surface area contributed by atoms with Gasteiger partial charge in [-0.1, -0.05) is 152 Å². The van der Waals surface area contributed by atoms with Gasteiger partial charge in [0.15, 0.2) is 11.2 Å². The molecule has 0 N–H and O–H groups in total. The van der Waals surface area contributed by atoms with Crippen molar-refractivity contribution in [3.63, 3.8) is 0 Å². The van der Waals surface area contributed by atoms with E-state index in [2.05, 4.69) is 188 Å². The van der Waals surface area contributed by atoms with Crippen LogP contribution in [0.1, 0.15) is 0 Å². The fraction of sp³-hybridized carbons (Fsp3) is 0. The molecule has 0 saturated carbocycles. The minimum absolute atomic E-state index is 0.794. The van der Waals surface area contributed by atoms with Crippen LogP contribution in [0.5, 0.6) is 0 Å². The molecule has 0 aliphatic carbocycles. The molecule has 2 nitrogen and oxygen atoms in total. The summed E-state index contributed by atoms with van der Waals surface area (Å²) in [6, 6.07) is 74.9. The average Bonchev–Trinajstić information content (AvgIpc) is 3.90. The second kappa shape index (κ2) is 12.8. The molecule has 0 radical (unpaired) electrons. The van der Waals surface area contributed by atoms with E-state index in [-0.39, 0.29) is 0 Å². The lowest BCUT2D eigenvalue weighted by molar-refractivity contribution is 0.633. The van der Waals surface area contributed by atoms with Gasteiger partial charge in [-0.2, -0.15) is 0 Å². The molecule has 0 bridgehead atoms. The summed E-state index contributed by atoms with van der Waals surface area (Å²) >= 11 is 0. The van der Waals surface area contributed by atoms with E-state index < -0.39 is 0 Å². The molecule has 0 saturated heterocycles. The highest BCUT2D eigenvalue weighted by Gasteiger charge is 2.17. The molecule has 13 aromatic rings. The van der Waals surface area contributed by atoms with Gasteiger partial charge < -0.3 is 8.83 Å². The van der Waals surface area contributed by atoms with Crippen LogP contribution in [0.15, 0.2) is 215 Å². The fourth-order valence-corrected chi connectivity index (χ4v) is 9.73. The minimum atomic E-state index is 0.794. The summed E-state index contributed by atoms with van der Waals surface area (Å²) in [5, 5.41) is 14.5. The standard InChI is InChI=1S/C58H34O2/c1-2-16-43-35(10-1)11-9-20-44(43)42-23-26-48-47-25-22-40(32-52(47)45-17-3-4-18-46(45)53(48)34-42)38-14-7-12-36(30-38)37-13-8-15-39(31-37)41-24-29-56-54(33-41)51-28-27-50-49-19-5-6-21-55(49)59-57(50)58(51)60-56/h1-34H. The van der Waals surface area contributed by atoms with E-state index in [1.54, 1.807) is 0 Å². The smallest absolute Gasteiger partial charge is 0.178 e.